The molecule has 0 saturated carbocycles. The Morgan fingerprint density at radius 1 is 0.623 bits per heavy atom. The largest absolute Gasteiger partial charge is 0.458 e. The third kappa shape index (κ3) is 6.31. The van der Waals surface area contributed by atoms with E-state index < -0.39 is 0 Å². The molecule has 0 aliphatic heterocycles. The molecule has 3 aromatic heterocycles. The summed E-state index contributed by atoms with van der Waals surface area (Å²) in [6, 6.07) is 44.9. The van der Waals surface area contributed by atoms with Crippen LogP contribution >= 0.6 is 0 Å². The predicted octanol–water partition coefficient (Wildman–Crippen LogP) is 11.7. The Labute approximate surface area is 312 Å². The average Bonchev–Trinajstić information content (AvgIpc) is 3.64. The zero-order valence-corrected chi connectivity index (χ0v) is 31.9. The lowest BCUT2D eigenvalue weighted by atomic mass is 9.85. The third-order valence-electron chi connectivity index (χ3n) is 10.4. The number of ether oxygens (including phenoxy) is 1. The molecule has 0 saturated heterocycles. The fourth-order valence-electron chi connectivity index (χ4n) is 7.20. The minimum absolute atomic E-state index is 0.00409. The van der Waals surface area contributed by atoms with Gasteiger partial charge in [-0.05, 0) is 102 Å². The number of benzene rings is 5. The van der Waals surface area contributed by atoms with Crippen molar-refractivity contribution in [3.05, 3.63) is 162 Å². The molecule has 0 bridgehead atoms. The van der Waals surface area contributed by atoms with Crippen LogP contribution in [0.4, 0.5) is 0 Å². The predicted molar refractivity (Wildman–Crippen MR) is 217 cm³/mol. The Hall–Kier alpha value is -5.94. The molecule has 3 heterocycles. The number of hydrogen-bond donors (Lipinski definition) is 0. The molecular formula is C48H46N4O. The van der Waals surface area contributed by atoms with E-state index in [1.807, 2.05) is 18.3 Å². The highest BCUT2D eigenvalue weighted by molar-refractivity contribution is 6.09. The van der Waals surface area contributed by atoms with Crippen molar-refractivity contribution in [2.75, 3.05) is 0 Å². The molecule has 5 nitrogen and oxygen atoms in total. The van der Waals surface area contributed by atoms with Gasteiger partial charge in [-0.15, -0.1) is 0 Å². The summed E-state index contributed by atoms with van der Waals surface area (Å²) in [5, 5.41) is 2.34. The SMILES string of the molecule is Cc1c(C)[n+](-c2ccc(C(C)(C)C)cc2-c2ccccc2)[c-]n1-c1cccc(Oc2ccc3c4ccccc4n(-c4cc(C(C)(C)C)ccn4)c3c2)c1. The Morgan fingerprint density at radius 3 is 2.09 bits per heavy atom. The molecule has 0 atom stereocenters. The molecule has 0 amide bonds. The van der Waals surface area contributed by atoms with E-state index in [2.05, 4.69) is 191 Å². The maximum Gasteiger partial charge on any atom is 0.269 e. The lowest BCUT2D eigenvalue weighted by Crippen LogP contribution is -2.33. The van der Waals surface area contributed by atoms with E-state index in [9.17, 15) is 0 Å². The fraction of sp³-hybridized carbons (Fsp3) is 0.208. The first-order chi connectivity index (χ1) is 25.4. The van der Waals surface area contributed by atoms with Gasteiger partial charge < -0.3 is 4.74 Å². The van der Waals surface area contributed by atoms with Gasteiger partial charge in [0.1, 0.15) is 17.3 Å². The zero-order chi connectivity index (χ0) is 37.1. The summed E-state index contributed by atoms with van der Waals surface area (Å²) in [4.78, 5) is 4.84. The molecule has 0 spiro atoms. The molecule has 5 heteroatoms. The van der Waals surface area contributed by atoms with Gasteiger partial charge in [0.2, 0.25) is 0 Å². The Kier molecular flexibility index (Phi) is 8.33. The number of pyridine rings is 1. The standard InChI is InChI=1S/C48H46N4O/c1-32-33(2)51(43-24-21-35(47(3,4)5)27-42(43)34-15-10-9-11-16-34)31-50(32)37-17-14-18-38(29-37)53-39-22-23-41-40-19-12-13-20-44(40)52(45(41)30-39)46-28-36(25-26-49-46)48(6,7)8/h9-30H,1-8H3. The number of fused-ring (bicyclic) bond motifs is 3. The molecule has 8 rings (SSSR count). The van der Waals surface area contributed by atoms with Crippen LogP contribution in [0, 0.1) is 20.2 Å². The van der Waals surface area contributed by atoms with Gasteiger partial charge in [0, 0.05) is 23.0 Å². The Bertz CT molecular complexity index is 2630. The molecule has 5 aromatic carbocycles. The van der Waals surface area contributed by atoms with Crippen LogP contribution in [0.5, 0.6) is 11.5 Å². The summed E-state index contributed by atoms with van der Waals surface area (Å²) >= 11 is 0. The zero-order valence-electron chi connectivity index (χ0n) is 31.9. The van der Waals surface area contributed by atoms with Crippen molar-refractivity contribution in [1.82, 2.24) is 14.1 Å². The quantitative estimate of drug-likeness (QED) is 0.128. The minimum atomic E-state index is 0.00409. The Morgan fingerprint density at radius 2 is 1.32 bits per heavy atom. The number of nitrogens with zero attached hydrogens (tertiary/aromatic N) is 4. The molecule has 0 aliphatic rings. The maximum atomic E-state index is 6.63. The summed E-state index contributed by atoms with van der Waals surface area (Å²) < 4.78 is 13.2. The van der Waals surface area contributed by atoms with Gasteiger partial charge in [-0.3, -0.25) is 13.7 Å². The van der Waals surface area contributed by atoms with E-state index in [0.717, 1.165) is 56.5 Å². The van der Waals surface area contributed by atoms with Crippen molar-refractivity contribution in [3.63, 3.8) is 0 Å². The molecule has 53 heavy (non-hydrogen) atoms. The van der Waals surface area contributed by atoms with Crippen LogP contribution in [0.2, 0.25) is 0 Å². The minimum Gasteiger partial charge on any atom is -0.458 e. The number of para-hydroxylation sites is 1. The summed E-state index contributed by atoms with van der Waals surface area (Å²) in [5.41, 5.74) is 11.4. The van der Waals surface area contributed by atoms with Gasteiger partial charge in [0.25, 0.3) is 6.33 Å². The first kappa shape index (κ1) is 34.2. The number of rotatable bonds is 6. The molecule has 0 aliphatic carbocycles. The lowest BCUT2D eigenvalue weighted by molar-refractivity contribution is -0.605. The topological polar surface area (TPSA) is 35.9 Å². The van der Waals surface area contributed by atoms with Crippen LogP contribution in [0.3, 0.4) is 0 Å². The van der Waals surface area contributed by atoms with Gasteiger partial charge in [-0.1, -0.05) is 108 Å². The smallest absolute Gasteiger partial charge is 0.269 e. The second kappa shape index (κ2) is 12.9. The maximum absolute atomic E-state index is 6.63. The molecule has 0 fully saturated rings. The van der Waals surface area contributed by atoms with Gasteiger partial charge in [-0.25, -0.2) is 4.98 Å². The highest BCUT2D eigenvalue weighted by Crippen LogP contribution is 2.36. The van der Waals surface area contributed by atoms with E-state index in [1.54, 1.807) is 0 Å². The van der Waals surface area contributed by atoms with Gasteiger partial charge in [0.05, 0.1) is 33.8 Å². The van der Waals surface area contributed by atoms with Crippen LogP contribution < -0.4 is 9.30 Å². The van der Waals surface area contributed by atoms with Gasteiger partial charge >= 0.3 is 0 Å². The molecule has 264 valence electrons. The van der Waals surface area contributed by atoms with Crippen molar-refractivity contribution < 1.29 is 9.30 Å². The number of aromatic nitrogens is 4. The monoisotopic (exact) mass is 694 g/mol. The number of hydrogen-bond acceptors (Lipinski definition) is 2. The first-order valence-corrected chi connectivity index (χ1v) is 18.4. The second-order valence-corrected chi connectivity index (χ2v) is 16.1. The Balaban J connectivity index is 1.18. The van der Waals surface area contributed by atoms with Crippen LogP contribution in [0.15, 0.2) is 134 Å². The molecule has 0 unspecified atom stereocenters. The molecule has 0 radical (unpaired) electrons. The molecule has 0 N–H and O–H groups in total. The van der Waals surface area contributed by atoms with Crippen molar-refractivity contribution in [3.8, 4) is 39.8 Å². The van der Waals surface area contributed by atoms with E-state index in [4.69, 9.17) is 9.72 Å². The lowest BCUT2D eigenvalue weighted by Gasteiger charge is -2.22. The van der Waals surface area contributed by atoms with Crippen LogP contribution in [0.25, 0.3) is 50.1 Å². The van der Waals surface area contributed by atoms with Crippen LogP contribution in [-0.4, -0.2) is 14.1 Å². The normalized spacial score (nSPS) is 12.2. The van der Waals surface area contributed by atoms with Crippen LogP contribution in [-0.2, 0) is 10.8 Å². The first-order valence-electron chi connectivity index (χ1n) is 18.4. The van der Waals surface area contributed by atoms with E-state index in [1.165, 1.54) is 27.6 Å². The fourth-order valence-corrected chi connectivity index (χ4v) is 7.20. The summed E-state index contributed by atoms with van der Waals surface area (Å²) in [6.07, 6.45) is 5.60. The van der Waals surface area contributed by atoms with Crippen molar-refractivity contribution in [2.24, 2.45) is 0 Å². The van der Waals surface area contributed by atoms with Crippen molar-refractivity contribution >= 4 is 21.8 Å². The molecule has 8 aromatic rings. The van der Waals surface area contributed by atoms with E-state index >= 15 is 0 Å². The highest BCUT2D eigenvalue weighted by atomic mass is 16.5. The average molecular weight is 695 g/mol. The number of imidazole rings is 1. The third-order valence-corrected chi connectivity index (χ3v) is 10.4. The van der Waals surface area contributed by atoms with Crippen LogP contribution in [0.1, 0.15) is 64.1 Å². The highest BCUT2D eigenvalue weighted by Gasteiger charge is 2.21. The summed E-state index contributed by atoms with van der Waals surface area (Å²) in [7, 11) is 0. The van der Waals surface area contributed by atoms with E-state index in [-0.39, 0.29) is 10.8 Å². The van der Waals surface area contributed by atoms with Gasteiger partial charge in [-0.2, -0.15) is 0 Å². The summed E-state index contributed by atoms with van der Waals surface area (Å²) in [6.45, 7) is 17.8. The second-order valence-electron chi connectivity index (χ2n) is 16.1. The van der Waals surface area contributed by atoms with E-state index in [0.29, 0.717) is 0 Å². The van der Waals surface area contributed by atoms with Crippen molar-refractivity contribution in [2.45, 2.75) is 66.2 Å². The van der Waals surface area contributed by atoms with Crippen molar-refractivity contribution in [1.29, 1.82) is 0 Å². The molecular weight excluding hydrogens is 649 g/mol. The van der Waals surface area contributed by atoms with Gasteiger partial charge in [0.15, 0.2) is 0 Å². The summed E-state index contributed by atoms with van der Waals surface area (Å²) in [5.74, 6) is 2.41.